The summed E-state index contributed by atoms with van der Waals surface area (Å²) in [5, 5.41) is 3.51. The van der Waals surface area contributed by atoms with Crippen LogP contribution in [0.2, 0.25) is 5.02 Å². The van der Waals surface area contributed by atoms with Gasteiger partial charge < -0.3 is 15.0 Å². The third-order valence-electron chi connectivity index (χ3n) is 4.35. The molecule has 2 aromatic carbocycles. The molecule has 1 saturated heterocycles. The zero-order valence-electron chi connectivity index (χ0n) is 14.6. The van der Waals surface area contributed by atoms with Crippen LogP contribution < -0.4 is 10.1 Å². The molecular weight excluding hydrogens is 352 g/mol. The van der Waals surface area contributed by atoms with Gasteiger partial charge in [-0.25, -0.2) is 0 Å². The summed E-state index contributed by atoms with van der Waals surface area (Å²) >= 11 is 6.16. The number of carbonyl (C=O) groups excluding carboxylic acids is 2. The fraction of sp³-hybridized carbons (Fsp3) is 0.300. The Hall–Kier alpha value is -2.53. The summed E-state index contributed by atoms with van der Waals surface area (Å²) in [6.45, 7) is 2.78. The predicted molar refractivity (Wildman–Crippen MR) is 100 cm³/mol. The number of halogens is 1. The zero-order chi connectivity index (χ0) is 18.5. The van der Waals surface area contributed by atoms with Gasteiger partial charge in [0, 0.05) is 24.5 Å². The molecule has 0 unspecified atom stereocenters. The number of benzene rings is 2. The summed E-state index contributed by atoms with van der Waals surface area (Å²) in [4.78, 5) is 26.0. The standard InChI is InChI=1S/C20H21ClN2O3/c1-14-6-2-5-9-18(14)26-13-19(24)22-16-10-20(25)23(12-16)11-15-7-3-4-8-17(15)21/h2-9,16H,10-13H2,1H3,(H,22,24)/t16-/m1/s1. The van der Waals surface area contributed by atoms with Crippen LogP contribution in [-0.4, -0.2) is 35.9 Å². The molecule has 6 heteroatoms. The van der Waals surface area contributed by atoms with Gasteiger partial charge >= 0.3 is 0 Å². The SMILES string of the molecule is Cc1ccccc1OCC(=O)N[C@@H]1CC(=O)N(Cc2ccccc2Cl)C1. The predicted octanol–water partition coefficient (Wildman–Crippen LogP) is 2.94. The average molecular weight is 373 g/mol. The highest BCUT2D eigenvalue weighted by atomic mass is 35.5. The maximum atomic E-state index is 12.2. The van der Waals surface area contributed by atoms with Crippen molar-refractivity contribution in [2.75, 3.05) is 13.2 Å². The van der Waals surface area contributed by atoms with Crippen LogP contribution in [0.15, 0.2) is 48.5 Å². The highest BCUT2D eigenvalue weighted by Crippen LogP contribution is 2.21. The van der Waals surface area contributed by atoms with Gasteiger partial charge in [0.25, 0.3) is 5.91 Å². The van der Waals surface area contributed by atoms with Crippen molar-refractivity contribution in [3.63, 3.8) is 0 Å². The number of nitrogens with zero attached hydrogens (tertiary/aromatic N) is 1. The largest absolute Gasteiger partial charge is 0.484 e. The molecule has 1 N–H and O–H groups in total. The van der Waals surface area contributed by atoms with Crippen molar-refractivity contribution in [3.05, 3.63) is 64.7 Å². The molecule has 1 fully saturated rings. The van der Waals surface area contributed by atoms with E-state index in [1.165, 1.54) is 0 Å². The van der Waals surface area contributed by atoms with Crippen LogP contribution >= 0.6 is 11.6 Å². The number of aryl methyl sites for hydroxylation is 1. The number of likely N-dealkylation sites (tertiary alicyclic amines) is 1. The van der Waals surface area contributed by atoms with Crippen molar-refractivity contribution in [3.8, 4) is 5.75 Å². The first kappa shape index (κ1) is 18.3. The minimum atomic E-state index is -0.231. The molecule has 3 rings (SSSR count). The zero-order valence-corrected chi connectivity index (χ0v) is 15.3. The molecule has 1 aliphatic heterocycles. The maximum Gasteiger partial charge on any atom is 0.258 e. The van der Waals surface area contributed by atoms with E-state index in [1.54, 1.807) is 11.0 Å². The minimum absolute atomic E-state index is 0.00930. The van der Waals surface area contributed by atoms with E-state index >= 15 is 0 Å². The maximum absolute atomic E-state index is 12.2. The van der Waals surface area contributed by atoms with Crippen molar-refractivity contribution >= 4 is 23.4 Å². The van der Waals surface area contributed by atoms with Gasteiger partial charge in [-0.2, -0.15) is 0 Å². The Labute approximate surface area is 157 Å². The number of amides is 2. The first-order chi connectivity index (χ1) is 12.5. The lowest BCUT2D eigenvalue weighted by atomic mass is 10.2. The summed E-state index contributed by atoms with van der Waals surface area (Å²) in [5.74, 6) is 0.464. The van der Waals surface area contributed by atoms with Crippen LogP contribution in [0, 0.1) is 6.92 Å². The lowest BCUT2D eigenvalue weighted by Gasteiger charge is -2.18. The van der Waals surface area contributed by atoms with Crippen molar-refractivity contribution in [2.24, 2.45) is 0 Å². The van der Waals surface area contributed by atoms with E-state index in [1.807, 2.05) is 49.4 Å². The van der Waals surface area contributed by atoms with Crippen molar-refractivity contribution in [1.82, 2.24) is 10.2 Å². The molecular formula is C20H21ClN2O3. The Morgan fingerprint density at radius 1 is 1.23 bits per heavy atom. The Bertz CT molecular complexity index is 809. The van der Waals surface area contributed by atoms with Gasteiger partial charge in [0.05, 0.1) is 6.04 Å². The highest BCUT2D eigenvalue weighted by Gasteiger charge is 2.30. The Morgan fingerprint density at radius 3 is 2.73 bits per heavy atom. The number of ether oxygens (including phenoxy) is 1. The van der Waals surface area contributed by atoms with Crippen molar-refractivity contribution in [1.29, 1.82) is 0 Å². The van der Waals surface area contributed by atoms with Crippen LogP contribution in [0.3, 0.4) is 0 Å². The van der Waals surface area contributed by atoms with E-state index < -0.39 is 0 Å². The monoisotopic (exact) mass is 372 g/mol. The van der Waals surface area contributed by atoms with E-state index in [0.717, 1.165) is 11.1 Å². The topological polar surface area (TPSA) is 58.6 Å². The molecule has 0 aliphatic carbocycles. The normalized spacial score (nSPS) is 16.6. The number of carbonyl (C=O) groups is 2. The van der Waals surface area contributed by atoms with E-state index in [4.69, 9.17) is 16.3 Å². The van der Waals surface area contributed by atoms with Crippen LogP contribution in [0.1, 0.15) is 17.5 Å². The molecule has 0 spiro atoms. The van der Waals surface area contributed by atoms with Gasteiger partial charge in [-0.15, -0.1) is 0 Å². The fourth-order valence-corrected chi connectivity index (χ4v) is 3.18. The summed E-state index contributed by atoms with van der Waals surface area (Å²) in [6.07, 6.45) is 0.292. The van der Waals surface area contributed by atoms with Gasteiger partial charge in [-0.3, -0.25) is 9.59 Å². The third kappa shape index (κ3) is 4.55. The fourth-order valence-electron chi connectivity index (χ4n) is 2.98. The molecule has 1 aliphatic rings. The molecule has 5 nitrogen and oxygen atoms in total. The lowest BCUT2D eigenvalue weighted by Crippen LogP contribution is -2.39. The quantitative estimate of drug-likeness (QED) is 0.848. The van der Waals surface area contributed by atoms with E-state index in [9.17, 15) is 9.59 Å². The number of nitrogens with one attached hydrogen (secondary N) is 1. The van der Waals surface area contributed by atoms with Crippen LogP contribution in [0.25, 0.3) is 0 Å². The third-order valence-corrected chi connectivity index (χ3v) is 4.72. The van der Waals surface area contributed by atoms with Crippen LogP contribution in [-0.2, 0) is 16.1 Å². The Balaban J connectivity index is 1.50. The second kappa shape index (κ2) is 8.23. The number of hydrogen-bond acceptors (Lipinski definition) is 3. The molecule has 136 valence electrons. The molecule has 0 bridgehead atoms. The summed E-state index contributed by atoms with van der Waals surface area (Å²) in [7, 11) is 0. The number of para-hydroxylation sites is 1. The summed E-state index contributed by atoms with van der Waals surface area (Å²) in [5.41, 5.74) is 1.87. The summed E-state index contributed by atoms with van der Waals surface area (Å²) in [6, 6.07) is 14.8. The molecule has 2 aromatic rings. The highest BCUT2D eigenvalue weighted by molar-refractivity contribution is 6.31. The molecule has 0 saturated carbocycles. The van der Waals surface area contributed by atoms with Crippen LogP contribution in [0.5, 0.6) is 5.75 Å². The first-order valence-electron chi connectivity index (χ1n) is 8.52. The van der Waals surface area contributed by atoms with Crippen molar-refractivity contribution < 1.29 is 14.3 Å². The van der Waals surface area contributed by atoms with Gasteiger partial charge in [0.1, 0.15) is 5.75 Å². The molecule has 0 aromatic heterocycles. The van der Waals surface area contributed by atoms with E-state index in [0.29, 0.717) is 30.3 Å². The van der Waals surface area contributed by atoms with E-state index in [2.05, 4.69) is 5.32 Å². The second-order valence-electron chi connectivity index (χ2n) is 6.39. The lowest BCUT2D eigenvalue weighted by molar-refractivity contribution is -0.128. The molecule has 2 amide bonds. The van der Waals surface area contributed by atoms with Gasteiger partial charge in [-0.05, 0) is 30.2 Å². The minimum Gasteiger partial charge on any atom is -0.484 e. The smallest absolute Gasteiger partial charge is 0.258 e. The number of rotatable bonds is 6. The van der Waals surface area contributed by atoms with Gasteiger partial charge in [-0.1, -0.05) is 48.0 Å². The molecule has 26 heavy (non-hydrogen) atoms. The number of hydrogen-bond donors (Lipinski definition) is 1. The molecule has 0 radical (unpaired) electrons. The first-order valence-corrected chi connectivity index (χ1v) is 8.89. The van der Waals surface area contributed by atoms with Gasteiger partial charge in [0.2, 0.25) is 5.91 Å². The van der Waals surface area contributed by atoms with Crippen LogP contribution in [0.4, 0.5) is 0 Å². The molecule has 1 atom stereocenters. The average Bonchev–Trinajstić information content (AvgIpc) is 2.95. The second-order valence-corrected chi connectivity index (χ2v) is 6.80. The van der Waals surface area contributed by atoms with Gasteiger partial charge in [0.15, 0.2) is 6.61 Å². The summed E-state index contributed by atoms with van der Waals surface area (Å²) < 4.78 is 5.55. The Morgan fingerprint density at radius 2 is 1.96 bits per heavy atom. The van der Waals surface area contributed by atoms with Crippen molar-refractivity contribution in [2.45, 2.75) is 25.9 Å². The molecule has 1 heterocycles. The Kier molecular flexibility index (Phi) is 5.78. The van der Waals surface area contributed by atoms with E-state index in [-0.39, 0.29) is 24.5 Å².